The molecule has 1 unspecified atom stereocenters. The molecule has 0 amide bonds. The molecule has 0 aromatic heterocycles. The molecule has 0 fully saturated rings. The number of ether oxygens (including phenoxy) is 1. The van der Waals surface area contributed by atoms with Crippen LogP contribution in [-0.2, 0) is 0 Å². The number of nitrogens with two attached hydrogens (primary N) is 1. The van der Waals surface area contributed by atoms with Gasteiger partial charge in [-0.2, -0.15) is 0 Å². The highest BCUT2D eigenvalue weighted by molar-refractivity contribution is 5.68. The molecule has 84 valence electrons. The molecule has 0 saturated carbocycles. The molecule has 0 aliphatic heterocycles. The Morgan fingerprint density at radius 1 is 1.53 bits per heavy atom. The van der Waals surface area contributed by atoms with E-state index < -0.39 is 0 Å². The summed E-state index contributed by atoms with van der Waals surface area (Å²) in [5.74, 6) is 0.750. The first-order valence-corrected chi connectivity index (χ1v) is 5.02. The lowest BCUT2D eigenvalue weighted by molar-refractivity contribution is 0.272. The molecule has 0 saturated heterocycles. The second-order valence-electron chi connectivity index (χ2n) is 3.39. The van der Waals surface area contributed by atoms with E-state index in [1.54, 1.807) is 19.2 Å². The van der Waals surface area contributed by atoms with Crippen LogP contribution in [0.15, 0.2) is 18.2 Å². The van der Waals surface area contributed by atoms with Gasteiger partial charge in [-0.05, 0) is 18.6 Å². The first-order valence-electron chi connectivity index (χ1n) is 5.02. The highest BCUT2D eigenvalue weighted by Gasteiger charge is 2.07. The zero-order valence-electron chi connectivity index (χ0n) is 9.16. The summed E-state index contributed by atoms with van der Waals surface area (Å²) in [6.45, 7) is 2.09. The zero-order valence-corrected chi connectivity index (χ0v) is 9.16. The van der Waals surface area contributed by atoms with Gasteiger partial charge in [-0.1, -0.05) is 6.92 Å². The molecule has 0 radical (unpaired) electrons. The number of nitrogen functional groups attached to an aromatic ring is 1. The third-order valence-corrected chi connectivity index (χ3v) is 2.33. The van der Waals surface area contributed by atoms with E-state index in [1.165, 1.54) is 0 Å². The first kappa shape index (κ1) is 11.7. The van der Waals surface area contributed by atoms with Gasteiger partial charge in [0.2, 0.25) is 0 Å². The molecular weight excluding hydrogens is 192 g/mol. The van der Waals surface area contributed by atoms with Crippen LogP contribution in [0.5, 0.6) is 5.75 Å². The molecule has 4 N–H and O–H groups in total. The van der Waals surface area contributed by atoms with Gasteiger partial charge in [0.15, 0.2) is 0 Å². The number of aliphatic hydroxyl groups excluding tert-OH is 1. The molecule has 1 atom stereocenters. The highest BCUT2D eigenvalue weighted by atomic mass is 16.5. The lowest BCUT2D eigenvalue weighted by Gasteiger charge is -2.17. The Bertz CT molecular complexity index is 311. The topological polar surface area (TPSA) is 67.5 Å². The van der Waals surface area contributed by atoms with Crippen LogP contribution in [0.1, 0.15) is 13.3 Å². The fraction of sp³-hybridized carbons (Fsp3) is 0.455. The summed E-state index contributed by atoms with van der Waals surface area (Å²) in [6, 6.07) is 5.44. The number of methoxy groups -OCH3 is 1. The molecule has 1 aromatic rings. The standard InChI is InChI=1S/C11H18N2O2/c1-3-8(7-14)13-11-6-9(15-2)4-5-10(11)12/h4-6,8,13-14H,3,7,12H2,1-2H3. The van der Waals surface area contributed by atoms with Gasteiger partial charge in [-0.3, -0.25) is 0 Å². The van der Waals surface area contributed by atoms with Crippen LogP contribution in [-0.4, -0.2) is 24.9 Å². The van der Waals surface area contributed by atoms with E-state index >= 15 is 0 Å². The number of benzene rings is 1. The summed E-state index contributed by atoms with van der Waals surface area (Å²) < 4.78 is 5.10. The fourth-order valence-corrected chi connectivity index (χ4v) is 1.28. The van der Waals surface area contributed by atoms with E-state index in [0.717, 1.165) is 17.9 Å². The minimum absolute atomic E-state index is 0.0272. The maximum atomic E-state index is 9.07. The number of nitrogens with one attached hydrogen (secondary N) is 1. The van der Waals surface area contributed by atoms with Crippen LogP contribution in [0.2, 0.25) is 0 Å². The summed E-state index contributed by atoms with van der Waals surface area (Å²) in [7, 11) is 1.61. The van der Waals surface area contributed by atoms with Crippen LogP contribution < -0.4 is 15.8 Å². The van der Waals surface area contributed by atoms with Crippen molar-refractivity contribution < 1.29 is 9.84 Å². The van der Waals surface area contributed by atoms with Crippen molar-refractivity contribution in [2.24, 2.45) is 0 Å². The number of hydrogen-bond acceptors (Lipinski definition) is 4. The Morgan fingerprint density at radius 2 is 2.27 bits per heavy atom. The van der Waals surface area contributed by atoms with Crippen LogP contribution >= 0.6 is 0 Å². The quantitative estimate of drug-likeness (QED) is 0.644. The SMILES string of the molecule is CCC(CO)Nc1cc(OC)ccc1N. The average molecular weight is 210 g/mol. The summed E-state index contributed by atoms with van der Waals surface area (Å²) >= 11 is 0. The molecule has 0 bridgehead atoms. The van der Waals surface area contributed by atoms with E-state index in [0.29, 0.717) is 5.69 Å². The van der Waals surface area contributed by atoms with Crippen LogP contribution in [0.3, 0.4) is 0 Å². The van der Waals surface area contributed by atoms with Gasteiger partial charge in [0, 0.05) is 12.1 Å². The Labute approximate surface area is 90.1 Å². The number of aliphatic hydroxyl groups is 1. The van der Waals surface area contributed by atoms with Gasteiger partial charge >= 0.3 is 0 Å². The van der Waals surface area contributed by atoms with Gasteiger partial charge in [-0.15, -0.1) is 0 Å². The van der Waals surface area contributed by atoms with Gasteiger partial charge in [0.05, 0.1) is 25.1 Å². The van der Waals surface area contributed by atoms with Crippen LogP contribution in [0.25, 0.3) is 0 Å². The zero-order chi connectivity index (χ0) is 11.3. The fourth-order valence-electron chi connectivity index (χ4n) is 1.28. The average Bonchev–Trinajstić information content (AvgIpc) is 2.28. The van der Waals surface area contributed by atoms with Crippen molar-refractivity contribution in [1.82, 2.24) is 0 Å². The molecular formula is C11H18N2O2. The molecule has 15 heavy (non-hydrogen) atoms. The molecule has 0 aliphatic carbocycles. The Hall–Kier alpha value is -1.42. The Kier molecular flexibility index (Phi) is 4.24. The van der Waals surface area contributed by atoms with Gasteiger partial charge in [-0.25, -0.2) is 0 Å². The summed E-state index contributed by atoms with van der Waals surface area (Å²) in [6.07, 6.45) is 0.840. The van der Waals surface area contributed by atoms with Crippen molar-refractivity contribution in [2.75, 3.05) is 24.8 Å². The lowest BCUT2D eigenvalue weighted by Crippen LogP contribution is -2.23. The lowest BCUT2D eigenvalue weighted by atomic mass is 10.2. The normalized spacial score (nSPS) is 12.2. The monoisotopic (exact) mass is 210 g/mol. The second kappa shape index (κ2) is 5.46. The molecule has 1 rings (SSSR count). The van der Waals surface area contributed by atoms with Crippen molar-refractivity contribution in [3.8, 4) is 5.75 Å². The van der Waals surface area contributed by atoms with E-state index in [2.05, 4.69) is 5.32 Å². The van der Waals surface area contributed by atoms with Gasteiger partial charge < -0.3 is 20.9 Å². The number of rotatable bonds is 5. The van der Waals surface area contributed by atoms with E-state index in [9.17, 15) is 0 Å². The van der Waals surface area contributed by atoms with Crippen molar-refractivity contribution in [3.05, 3.63) is 18.2 Å². The van der Waals surface area contributed by atoms with Crippen molar-refractivity contribution in [3.63, 3.8) is 0 Å². The predicted molar refractivity (Wildman–Crippen MR) is 62.2 cm³/mol. The third-order valence-electron chi connectivity index (χ3n) is 2.33. The summed E-state index contributed by atoms with van der Waals surface area (Å²) in [4.78, 5) is 0. The largest absolute Gasteiger partial charge is 0.497 e. The summed E-state index contributed by atoms with van der Waals surface area (Å²) in [5.41, 5.74) is 7.26. The van der Waals surface area contributed by atoms with E-state index in [-0.39, 0.29) is 12.6 Å². The molecule has 1 aromatic carbocycles. The molecule has 0 heterocycles. The van der Waals surface area contributed by atoms with E-state index in [4.69, 9.17) is 15.6 Å². The Morgan fingerprint density at radius 3 is 2.80 bits per heavy atom. The molecule has 4 nitrogen and oxygen atoms in total. The molecule has 0 aliphatic rings. The van der Waals surface area contributed by atoms with Crippen LogP contribution in [0.4, 0.5) is 11.4 Å². The maximum absolute atomic E-state index is 9.07. The first-order chi connectivity index (χ1) is 7.21. The molecule has 4 heteroatoms. The third kappa shape index (κ3) is 3.02. The van der Waals surface area contributed by atoms with Crippen LogP contribution in [0, 0.1) is 0 Å². The van der Waals surface area contributed by atoms with Gasteiger partial charge in [0.25, 0.3) is 0 Å². The minimum atomic E-state index is 0.0272. The van der Waals surface area contributed by atoms with E-state index in [1.807, 2.05) is 13.0 Å². The number of hydrogen-bond donors (Lipinski definition) is 3. The van der Waals surface area contributed by atoms with Crippen molar-refractivity contribution in [1.29, 1.82) is 0 Å². The van der Waals surface area contributed by atoms with Crippen molar-refractivity contribution in [2.45, 2.75) is 19.4 Å². The maximum Gasteiger partial charge on any atom is 0.121 e. The second-order valence-corrected chi connectivity index (χ2v) is 3.39. The van der Waals surface area contributed by atoms with Gasteiger partial charge in [0.1, 0.15) is 5.75 Å². The molecule has 0 spiro atoms. The smallest absolute Gasteiger partial charge is 0.121 e. The highest BCUT2D eigenvalue weighted by Crippen LogP contribution is 2.25. The summed E-state index contributed by atoms with van der Waals surface area (Å²) in [5, 5.41) is 12.2. The van der Waals surface area contributed by atoms with Crippen molar-refractivity contribution >= 4 is 11.4 Å². The predicted octanol–water partition coefficient (Wildman–Crippen LogP) is 1.46. The Balaban J connectivity index is 2.82. The minimum Gasteiger partial charge on any atom is -0.497 e. The number of anilines is 2.